The van der Waals surface area contributed by atoms with Gasteiger partial charge in [-0.15, -0.1) is 19.6 Å². The lowest BCUT2D eigenvalue weighted by molar-refractivity contribution is 0.403. The SMILES string of the molecule is N.O=[P+](O)O.O=[P+](O)O. The number of rotatable bonds is 0. The van der Waals surface area contributed by atoms with Gasteiger partial charge in [-0.1, -0.05) is 0 Å². The molecule has 0 unspecified atom stereocenters. The fourth-order valence-corrected chi connectivity index (χ4v) is 0. The molecule has 7 N–H and O–H groups in total. The Labute approximate surface area is 52.4 Å². The van der Waals surface area contributed by atoms with Crippen molar-refractivity contribution in [3.63, 3.8) is 0 Å². The Morgan fingerprint density at radius 3 is 0.778 bits per heavy atom. The van der Waals surface area contributed by atoms with Crippen LogP contribution in [0.4, 0.5) is 0 Å². The van der Waals surface area contributed by atoms with Gasteiger partial charge in [0.1, 0.15) is 0 Å². The molecule has 0 fully saturated rings. The predicted molar refractivity (Wildman–Crippen MR) is 29.1 cm³/mol. The first-order chi connectivity index (χ1) is 3.46. The third kappa shape index (κ3) is 166000000000000003647624894524424192. The van der Waals surface area contributed by atoms with Gasteiger partial charge in [0.2, 0.25) is 0 Å². The molecule has 0 aromatic rings. The Bertz CT molecular complexity index is 69.1. The van der Waals surface area contributed by atoms with Crippen LogP contribution in [0, 0.1) is 0 Å². The van der Waals surface area contributed by atoms with Gasteiger partial charge in [0.25, 0.3) is 0 Å². The van der Waals surface area contributed by atoms with Crippen LogP contribution in [-0.4, -0.2) is 19.6 Å². The average Bonchev–Trinajstić information content (AvgIpc) is 1.25. The summed E-state index contributed by atoms with van der Waals surface area (Å²) in [6, 6.07) is 0. The van der Waals surface area contributed by atoms with Gasteiger partial charge in [0.15, 0.2) is 0 Å². The lowest BCUT2D eigenvalue weighted by Gasteiger charge is -1.34. The fourth-order valence-electron chi connectivity index (χ4n) is 0. The van der Waals surface area contributed by atoms with E-state index in [4.69, 9.17) is 28.7 Å². The molecule has 0 aromatic heterocycles. The van der Waals surface area contributed by atoms with Crippen molar-refractivity contribution < 1.29 is 28.7 Å². The molecule has 0 radical (unpaired) electrons. The van der Waals surface area contributed by atoms with Crippen LogP contribution in [-0.2, 0) is 9.13 Å². The second-order valence-corrected chi connectivity index (χ2v) is 1.52. The van der Waals surface area contributed by atoms with Gasteiger partial charge in [-0.2, -0.15) is 0 Å². The van der Waals surface area contributed by atoms with Crippen LogP contribution < -0.4 is 6.15 Å². The zero-order chi connectivity index (χ0) is 7.15. The zero-order valence-corrected chi connectivity index (χ0v) is 6.00. The highest BCUT2D eigenvalue weighted by Gasteiger charge is 1.93. The summed E-state index contributed by atoms with van der Waals surface area (Å²) >= 11 is 0. The Kier molecular flexibility index (Phi) is 19.4. The maximum atomic E-state index is 8.70. The second-order valence-electron chi connectivity index (χ2n) is 0.505. The van der Waals surface area contributed by atoms with Crippen molar-refractivity contribution in [2.45, 2.75) is 0 Å². The maximum Gasteiger partial charge on any atom is 0.692 e. The van der Waals surface area contributed by atoms with Gasteiger partial charge in [-0.3, -0.25) is 0 Å². The third-order valence-corrected chi connectivity index (χ3v) is 0. The summed E-state index contributed by atoms with van der Waals surface area (Å²) in [5.74, 6) is 0. The summed E-state index contributed by atoms with van der Waals surface area (Å²) in [5, 5.41) is 0. The molecule has 0 saturated heterocycles. The van der Waals surface area contributed by atoms with E-state index in [2.05, 4.69) is 0 Å². The minimum absolute atomic E-state index is 0. The van der Waals surface area contributed by atoms with Crippen LogP contribution in [0.2, 0.25) is 0 Å². The zero-order valence-electron chi connectivity index (χ0n) is 4.21. The molecule has 9 heteroatoms. The van der Waals surface area contributed by atoms with Crippen LogP contribution >= 0.6 is 16.5 Å². The van der Waals surface area contributed by atoms with Crippen molar-refractivity contribution in [2.24, 2.45) is 0 Å². The molecular formula is H7NO6P2+2. The first-order valence-electron chi connectivity index (χ1n) is 1.17. The van der Waals surface area contributed by atoms with Gasteiger partial charge in [-0.05, 0) is 0 Å². The lowest BCUT2D eigenvalue weighted by Crippen LogP contribution is -1.38. The van der Waals surface area contributed by atoms with E-state index >= 15 is 0 Å². The molecule has 56 valence electrons. The highest BCUT2D eigenvalue weighted by atomic mass is 31.1. The van der Waals surface area contributed by atoms with Gasteiger partial charge < -0.3 is 6.15 Å². The second kappa shape index (κ2) is 10.9. The molecule has 0 aliphatic carbocycles. The van der Waals surface area contributed by atoms with Gasteiger partial charge in [0, 0.05) is 9.13 Å². The van der Waals surface area contributed by atoms with Crippen LogP contribution in [0.5, 0.6) is 0 Å². The Hall–Kier alpha value is -0.0000000000000000416. The minimum Gasteiger partial charge on any atom is -0.344 e. The molecule has 0 saturated carbocycles. The van der Waals surface area contributed by atoms with Crippen molar-refractivity contribution in [3.8, 4) is 0 Å². The van der Waals surface area contributed by atoms with Crippen molar-refractivity contribution in [3.05, 3.63) is 0 Å². The Morgan fingerprint density at radius 1 is 0.778 bits per heavy atom. The molecule has 0 bridgehead atoms. The third-order valence-electron chi connectivity index (χ3n) is 0. The van der Waals surface area contributed by atoms with E-state index in [1.54, 1.807) is 0 Å². The highest BCUT2D eigenvalue weighted by Crippen LogP contribution is 1.98. The predicted octanol–water partition coefficient (Wildman–Crippen LogP) is -0.581. The average molecular weight is 179 g/mol. The summed E-state index contributed by atoms with van der Waals surface area (Å²) in [6.07, 6.45) is 0. The lowest BCUT2D eigenvalue weighted by atomic mass is 14.0. The van der Waals surface area contributed by atoms with Crippen LogP contribution in [0.3, 0.4) is 0 Å². The van der Waals surface area contributed by atoms with Crippen LogP contribution in [0.15, 0.2) is 0 Å². The van der Waals surface area contributed by atoms with E-state index in [0.29, 0.717) is 0 Å². The normalized spacial score (nSPS) is 5.78. The van der Waals surface area contributed by atoms with E-state index in [9.17, 15) is 0 Å². The summed E-state index contributed by atoms with van der Waals surface area (Å²) in [7, 11) is -5.74. The monoisotopic (exact) mass is 179 g/mol. The summed E-state index contributed by atoms with van der Waals surface area (Å²) in [4.78, 5) is 28.5. The summed E-state index contributed by atoms with van der Waals surface area (Å²) < 4.78 is 17.4. The van der Waals surface area contributed by atoms with Crippen molar-refractivity contribution in [1.29, 1.82) is 0 Å². The molecule has 0 heterocycles. The standard InChI is InChI=1S/H3N.2HO3P/c;2*1-4(2)3/h1H3;2*(H-,1,2,3)/p+2. The van der Waals surface area contributed by atoms with E-state index in [0.717, 1.165) is 0 Å². The van der Waals surface area contributed by atoms with E-state index in [1.807, 2.05) is 0 Å². The molecule has 0 atom stereocenters. The maximum absolute atomic E-state index is 8.70. The van der Waals surface area contributed by atoms with Crippen molar-refractivity contribution in [2.75, 3.05) is 0 Å². The summed E-state index contributed by atoms with van der Waals surface area (Å²) in [6.45, 7) is 0. The Morgan fingerprint density at radius 2 is 0.778 bits per heavy atom. The largest absolute Gasteiger partial charge is 0.692 e. The fraction of sp³-hybridized carbons (Fsp3) is 0. The molecule has 0 rings (SSSR count). The van der Waals surface area contributed by atoms with E-state index < -0.39 is 16.5 Å². The topological polar surface area (TPSA) is 150 Å². The van der Waals surface area contributed by atoms with E-state index in [1.165, 1.54) is 0 Å². The minimum atomic E-state index is -2.87. The molecule has 0 aromatic carbocycles. The Balaban J connectivity index is -0.0000000720. The molecule has 0 amide bonds. The molecular weight excluding hydrogens is 172 g/mol. The molecule has 7 nitrogen and oxygen atoms in total. The smallest absolute Gasteiger partial charge is 0.344 e. The molecule has 0 spiro atoms. The van der Waals surface area contributed by atoms with Gasteiger partial charge in [0.05, 0.1) is 0 Å². The van der Waals surface area contributed by atoms with Crippen LogP contribution in [0.25, 0.3) is 0 Å². The number of hydrogen-bond donors (Lipinski definition) is 5. The quantitative estimate of drug-likeness (QED) is 0.312. The summed E-state index contributed by atoms with van der Waals surface area (Å²) in [5.41, 5.74) is 0. The van der Waals surface area contributed by atoms with Gasteiger partial charge in [-0.25, -0.2) is 0 Å². The first kappa shape index (κ1) is 16.0. The molecule has 0 aliphatic heterocycles. The van der Waals surface area contributed by atoms with Crippen LogP contribution in [0.1, 0.15) is 0 Å². The van der Waals surface area contributed by atoms with E-state index in [-0.39, 0.29) is 6.15 Å². The van der Waals surface area contributed by atoms with Gasteiger partial charge >= 0.3 is 16.5 Å². The molecule has 9 heavy (non-hydrogen) atoms. The van der Waals surface area contributed by atoms with Crippen molar-refractivity contribution >= 4 is 16.5 Å². The molecule has 0 aliphatic rings. The highest BCUT2D eigenvalue weighted by molar-refractivity contribution is 7.31. The van der Waals surface area contributed by atoms with Crippen molar-refractivity contribution in [1.82, 2.24) is 6.15 Å². The first-order valence-corrected chi connectivity index (χ1v) is 3.50. The number of hydrogen-bond acceptors (Lipinski definition) is 3.